The first-order chi connectivity index (χ1) is 16.5. The van der Waals surface area contributed by atoms with E-state index in [2.05, 4.69) is 35.9 Å². The molecule has 0 saturated heterocycles. The third-order valence-corrected chi connectivity index (χ3v) is 6.42. The first-order valence-electron chi connectivity index (χ1n) is 11.7. The second-order valence-corrected chi connectivity index (χ2v) is 8.84. The van der Waals surface area contributed by atoms with Crippen molar-refractivity contribution in [2.24, 2.45) is 0 Å². The Morgan fingerprint density at radius 1 is 1.03 bits per heavy atom. The van der Waals surface area contributed by atoms with Gasteiger partial charge in [-0.2, -0.15) is 0 Å². The van der Waals surface area contributed by atoms with Crippen LogP contribution in [-0.2, 0) is 24.2 Å². The molecule has 1 heterocycles. The molecule has 0 aliphatic carbocycles. The third kappa shape index (κ3) is 5.78. The molecule has 4 aromatic rings. The van der Waals surface area contributed by atoms with Gasteiger partial charge < -0.3 is 14.6 Å². The maximum absolute atomic E-state index is 12.4. The molecule has 176 valence electrons. The van der Waals surface area contributed by atoms with Crippen LogP contribution in [0.3, 0.4) is 0 Å². The highest BCUT2D eigenvalue weighted by Crippen LogP contribution is 2.21. The van der Waals surface area contributed by atoms with Gasteiger partial charge in [0.15, 0.2) is 0 Å². The number of halogens is 1. The van der Waals surface area contributed by atoms with Crippen molar-refractivity contribution >= 4 is 28.5 Å². The molecule has 34 heavy (non-hydrogen) atoms. The molecule has 5 nitrogen and oxygen atoms in total. The van der Waals surface area contributed by atoms with Crippen LogP contribution in [0.25, 0.3) is 11.0 Å². The number of ether oxygens (including phenoxy) is 1. The highest BCUT2D eigenvalue weighted by atomic mass is 35.5. The largest absolute Gasteiger partial charge is 0.493 e. The number of nitrogens with one attached hydrogen (secondary N) is 1. The number of nitrogens with zero attached hydrogens (tertiary/aromatic N) is 2. The van der Waals surface area contributed by atoms with Crippen molar-refractivity contribution in [1.29, 1.82) is 0 Å². The predicted octanol–water partition coefficient (Wildman–Crippen LogP) is 5.68. The minimum atomic E-state index is -0.0438. The molecule has 0 aliphatic rings. The van der Waals surface area contributed by atoms with Gasteiger partial charge in [0.1, 0.15) is 11.6 Å². The summed E-state index contributed by atoms with van der Waals surface area (Å²) in [5.74, 6) is 1.86. The molecule has 0 atom stereocenters. The molecule has 0 aliphatic heterocycles. The Hall–Kier alpha value is -3.31. The van der Waals surface area contributed by atoms with Crippen molar-refractivity contribution in [2.45, 2.75) is 39.7 Å². The number of imidazole rings is 1. The number of hydrogen-bond acceptors (Lipinski definition) is 3. The number of carbonyl (C=O) groups is 1. The van der Waals surface area contributed by atoms with E-state index in [4.69, 9.17) is 21.3 Å². The van der Waals surface area contributed by atoms with Crippen molar-refractivity contribution in [2.75, 3.05) is 13.2 Å². The zero-order valence-corrected chi connectivity index (χ0v) is 20.4. The molecule has 1 aromatic heterocycles. The molecule has 0 unspecified atom stereocenters. The van der Waals surface area contributed by atoms with Crippen LogP contribution < -0.4 is 10.1 Å². The average Bonchev–Trinajstić information content (AvgIpc) is 3.18. The SMILES string of the molecule is Cc1cccc(OCCCn2c(CCNC(=O)Cc3ccccc3Cl)nc3ccccc32)c1C. The molecule has 0 bridgehead atoms. The zero-order chi connectivity index (χ0) is 23.9. The molecule has 4 rings (SSSR count). The van der Waals surface area contributed by atoms with E-state index in [0.29, 0.717) is 24.6 Å². The summed E-state index contributed by atoms with van der Waals surface area (Å²) in [4.78, 5) is 17.2. The number of hydrogen-bond donors (Lipinski definition) is 1. The van der Waals surface area contributed by atoms with Gasteiger partial charge in [0.25, 0.3) is 0 Å². The zero-order valence-electron chi connectivity index (χ0n) is 19.7. The number of fused-ring (bicyclic) bond motifs is 1. The Morgan fingerprint density at radius 2 is 1.82 bits per heavy atom. The van der Waals surface area contributed by atoms with Gasteiger partial charge in [-0.05, 0) is 61.2 Å². The van der Waals surface area contributed by atoms with Gasteiger partial charge in [-0.15, -0.1) is 0 Å². The van der Waals surface area contributed by atoms with E-state index < -0.39 is 0 Å². The normalized spacial score (nSPS) is 11.0. The van der Waals surface area contributed by atoms with Crippen LogP contribution in [-0.4, -0.2) is 28.6 Å². The monoisotopic (exact) mass is 475 g/mol. The molecular weight excluding hydrogens is 446 g/mol. The van der Waals surface area contributed by atoms with E-state index in [0.717, 1.165) is 41.1 Å². The second-order valence-electron chi connectivity index (χ2n) is 8.44. The lowest BCUT2D eigenvalue weighted by Crippen LogP contribution is -2.28. The van der Waals surface area contributed by atoms with Gasteiger partial charge in [-0.25, -0.2) is 4.98 Å². The van der Waals surface area contributed by atoms with Crippen LogP contribution in [0.5, 0.6) is 5.75 Å². The maximum Gasteiger partial charge on any atom is 0.224 e. The highest BCUT2D eigenvalue weighted by Gasteiger charge is 2.12. The first kappa shape index (κ1) is 23.8. The summed E-state index contributed by atoms with van der Waals surface area (Å²) < 4.78 is 8.28. The summed E-state index contributed by atoms with van der Waals surface area (Å²) >= 11 is 6.18. The summed E-state index contributed by atoms with van der Waals surface area (Å²) in [6, 6.07) is 21.7. The Morgan fingerprint density at radius 3 is 2.68 bits per heavy atom. The van der Waals surface area contributed by atoms with Gasteiger partial charge >= 0.3 is 0 Å². The number of aryl methyl sites for hydroxylation is 2. The van der Waals surface area contributed by atoms with Crippen LogP contribution in [0.4, 0.5) is 0 Å². The fraction of sp³-hybridized carbons (Fsp3) is 0.286. The molecule has 0 fully saturated rings. The Balaban J connectivity index is 1.35. The Kier molecular flexibility index (Phi) is 7.86. The number of rotatable bonds is 10. The van der Waals surface area contributed by atoms with Gasteiger partial charge in [0.2, 0.25) is 5.91 Å². The van der Waals surface area contributed by atoms with Crippen molar-refractivity contribution in [3.05, 3.63) is 94.3 Å². The van der Waals surface area contributed by atoms with Crippen molar-refractivity contribution in [1.82, 2.24) is 14.9 Å². The summed E-state index contributed by atoms with van der Waals surface area (Å²) in [5, 5.41) is 3.62. The summed E-state index contributed by atoms with van der Waals surface area (Å²) in [5.41, 5.74) is 5.32. The van der Waals surface area contributed by atoms with Crippen LogP contribution in [0.15, 0.2) is 66.7 Å². The number of amides is 1. The first-order valence-corrected chi connectivity index (χ1v) is 12.0. The lowest BCUT2D eigenvalue weighted by atomic mass is 10.1. The smallest absolute Gasteiger partial charge is 0.224 e. The lowest BCUT2D eigenvalue weighted by Gasteiger charge is -2.13. The molecule has 0 saturated carbocycles. The van der Waals surface area contributed by atoms with Gasteiger partial charge in [0, 0.05) is 24.5 Å². The molecular formula is C28H30ClN3O2. The quantitative estimate of drug-likeness (QED) is 0.300. The highest BCUT2D eigenvalue weighted by molar-refractivity contribution is 6.31. The number of para-hydroxylation sites is 2. The molecule has 6 heteroatoms. The second kappa shape index (κ2) is 11.2. The Labute approximate surface area is 205 Å². The fourth-order valence-corrected chi connectivity index (χ4v) is 4.24. The molecule has 1 amide bonds. The van der Waals surface area contributed by atoms with Crippen molar-refractivity contribution in [3.8, 4) is 5.75 Å². The standard InChI is InChI=1S/C28H30ClN3O2/c1-20-9-7-14-26(21(20)2)34-18-8-17-32-25-13-6-5-12-24(25)31-27(32)15-16-30-28(33)19-22-10-3-4-11-23(22)29/h3-7,9-14H,8,15-19H2,1-2H3,(H,30,33). The van der Waals surface area contributed by atoms with E-state index in [1.54, 1.807) is 6.07 Å². The molecule has 0 radical (unpaired) electrons. The number of benzene rings is 3. The maximum atomic E-state index is 12.4. The van der Waals surface area contributed by atoms with E-state index in [-0.39, 0.29) is 12.3 Å². The number of carbonyl (C=O) groups excluding carboxylic acids is 1. The van der Waals surface area contributed by atoms with Crippen molar-refractivity contribution < 1.29 is 9.53 Å². The van der Waals surface area contributed by atoms with Gasteiger partial charge in [-0.3, -0.25) is 4.79 Å². The van der Waals surface area contributed by atoms with Crippen LogP contribution in [0, 0.1) is 13.8 Å². The minimum absolute atomic E-state index is 0.0438. The summed E-state index contributed by atoms with van der Waals surface area (Å²) in [7, 11) is 0. The number of aromatic nitrogens is 2. The van der Waals surface area contributed by atoms with E-state index in [1.165, 1.54) is 11.1 Å². The minimum Gasteiger partial charge on any atom is -0.493 e. The Bertz CT molecular complexity index is 1280. The van der Waals surface area contributed by atoms with E-state index in [9.17, 15) is 4.79 Å². The lowest BCUT2D eigenvalue weighted by molar-refractivity contribution is -0.120. The van der Waals surface area contributed by atoms with Gasteiger partial charge in [-0.1, -0.05) is 54.1 Å². The predicted molar refractivity (Wildman–Crippen MR) is 138 cm³/mol. The topological polar surface area (TPSA) is 56.1 Å². The summed E-state index contributed by atoms with van der Waals surface area (Å²) in [6.07, 6.45) is 1.78. The van der Waals surface area contributed by atoms with Crippen molar-refractivity contribution in [3.63, 3.8) is 0 Å². The van der Waals surface area contributed by atoms with Gasteiger partial charge in [0.05, 0.1) is 24.1 Å². The van der Waals surface area contributed by atoms with Crippen LogP contribution >= 0.6 is 11.6 Å². The third-order valence-electron chi connectivity index (χ3n) is 6.05. The van der Waals surface area contributed by atoms with Crippen LogP contribution in [0.2, 0.25) is 5.02 Å². The molecule has 1 N–H and O–H groups in total. The summed E-state index contributed by atoms with van der Waals surface area (Å²) in [6.45, 7) is 6.14. The van der Waals surface area contributed by atoms with Crippen LogP contribution in [0.1, 0.15) is 28.9 Å². The van der Waals surface area contributed by atoms with E-state index >= 15 is 0 Å². The fourth-order valence-electron chi connectivity index (χ4n) is 4.04. The van der Waals surface area contributed by atoms with E-state index in [1.807, 2.05) is 48.5 Å². The average molecular weight is 476 g/mol. The molecule has 3 aromatic carbocycles. The molecule has 0 spiro atoms.